The molecule has 0 N–H and O–H groups in total. The zero-order valence-electron chi connectivity index (χ0n) is 10.0. The van der Waals surface area contributed by atoms with Crippen LogP contribution >= 0.6 is 0 Å². The van der Waals surface area contributed by atoms with Crippen molar-refractivity contribution in [3.8, 4) is 5.75 Å². The van der Waals surface area contributed by atoms with Crippen molar-refractivity contribution in [2.45, 2.75) is 25.2 Å². The maximum Gasteiger partial charge on any atom is 0.207 e. The van der Waals surface area contributed by atoms with E-state index < -0.39 is 0 Å². The topological polar surface area (TPSA) is 18.5 Å². The summed E-state index contributed by atoms with van der Waals surface area (Å²) in [6.45, 7) is 0.652. The van der Waals surface area contributed by atoms with E-state index in [1.165, 1.54) is 16.7 Å². The van der Waals surface area contributed by atoms with Crippen molar-refractivity contribution in [2.75, 3.05) is 0 Å². The Morgan fingerprint density at radius 1 is 0.889 bits per heavy atom. The molecule has 0 saturated heterocycles. The molecule has 0 aliphatic carbocycles. The minimum atomic E-state index is -0.130. The van der Waals surface area contributed by atoms with Crippen LogP contribution in [-0.4, -0.2) is 6.29 Å². The Morgan fingerprint density at radius 2 is 1.67 bits per heavy atom. The summed E-state index contributed by atoms with van der Waals surface area (Å²) in [6, 6.07) is 16.8. The number of hydrogen-bond donors (Lipinski definition) is 0. The highest BCUT2D eigenvalue weighted by Crippen LogP contribution is 2.40. The second kappa shape index (κ2) is 3.85. The van der Waals surface area contributed by atoms with Gasteiger partial charge in [0.25, 0.3) is 0 Å². The van der Waals surface area contributed by atoms with Crippen LogP contribution in [0, 0.1) is 0 Å². The summed E-state index contributed by atoms with van der Waals surface area (Å²) < 4.78 is 11.8. The molecule has 4 rings (SSSR count). The Hall–Kier alpha value is -1.80. The summed E-state index contributed by atoms with van der Waals surface area (Å²) in [5.41, 5.74) is 3.95. The lowest BCUT2D eigenvalue weighted by atomic mass is 9.85. The van der Waals surface area contributed by atoms with Crippen LogP contribution in [0.15, 0.2) is 48.5 Å². The molecule has 2 aromatic carbocycles. The number of benzene rings is 2. The van der Waals surface area contributed by atoms with E-state index in [1.807, 2.05) is 12.1 Å². The standard InChI is InChI=1S/C16H14O2/c1-3-7-13-12(6-1)10-17-16-14(13)9-11-5-2-4-8-15(11)18-16/h1-8,14,16H,9-10H2/t14-,16-/m0/s1. The smallest absolute Gasteiger partial charge is 0.207 e. The van der Waals surface area contributed by atoms with Gasteiger partial charge in [0, 0.05) is 0 Å². The molecule has 18 heavy (non-hydrogen) atoms. The molecule has 2 heteroatoms. The largest absolute Gasteiger partial charge is 0.464 e. The molecule has 2 atom stereocenters. The normalized spacial score (nSPS) is 24.4. The Bertz CT molecular complexity index is 591. The molecule has 2 aromatic rings. The first kappa shape index (κ1) is 10.2. The van der Waals surface area contributed by atoms with Gasteiger partial charge in [-0.1, -0.05) is 42.5 Å². The lowest BCUT2D eigenvalue weighted by Crippen LogP contribution is -2.37. The van der Waals surface area contributed by atoms with E-state index in [4.69, 9.17) is 9.47 Å². The van der Waals surface area contributed by atoms with Crippen molar-refractivity contribution >= 4 is 0 Å². The number of para-hydroxylation sites is 1. The van der Waals surface area contributed by atoms with Crippen molar-refractivity contribution in [1.29, 1.82) is 0 Å². The first-order valence-corrected chi connectivity index (χ1v) is 6.36. The van der Waals surface area contributed by atoms with Crippen LogP contribution in [0.5, 0.6) is 5.75 Å². The molecule has 0 spiro atoms. The average Bonchev–Trinajstić information content (AvgIpc) is 2.45. The van der Waals surface area contributed by atoms with E-state index in [1.54, 1.807) is 0 Å². The monoisotopic (exact) mass is 238 g/mol. The molecular weight excluding hydrogens is 224 g/mol. The second-order valence-corrected chi connectivity index (χ2v) is 4.91. The van der Waals surface area contributed by atoms with Crippen LogP contribution < -0.4 is 4.74 Å². The van der Waals surface area contributed by atoms with Crippen molar-refractivity contribution in [3.05, 3.63) is 65.2 Å². The fraction of sp³-hybridized carbons (Fsp3) is 0.250. The van der Waals surface area contributed by atoms with Gasteiger partial charge in [-0.05, 0) is 29.2 Å². The number of rotatable bonds is 0. The maximum atomic E-state index is 5.97. The van der Waals surface area contributed by atoms with Gasteiger partial charge >= 0.3 is 0 Å². The van der Waals surface area contributed by atoms with E-state index in [0.29, 0.717) is 12.5 Å². The molecule has 0 radical (unpaired) electrons. The molecule has 2 aliphatic rings. The van der Waals surface area contributed by atoms with E-state index >= 15 is 0 Å². The number of hydrogen-bond acceptors (Lipinski definition) is 2. The Labute approximate surface area is 106 Å². The Balaban J connectivity index is 1.79. The molecule has 0 unspecified atom stereocenters. The van der Waals surface area contributed by atoms with E-state index in [2.05, 4.69) is 36.4 Å². The fourth-order valence-electron chi connectivity index (χ4n) is 2.93. The van der Waals surface area contributed by atoms with Crippen LogP contribution in [0.3, 0.4) is 0 Å². The van der Waals surface area contributed by atoms with Crippen molar-refractivity contribution in [1.82, 2.24) is 0 Å². The zero-order valence-corrected chi connectivity index (χ0v) is 10.0. The van der Waals surface area contributed by atoms with Gasteiger partial charge in [-0.3, -0.25) is 0 Å². The van der Waals surface area contributed by atoms with Gasteiger partial charge in [0.05, 0.1) is 12.5 Å². The van der Waals surface area contributed by atoms with Crippen LogP contribution in [0.1, 0.15) is 22.6 Å². The lowest BCUT2D eigenvalue weighted by Gasteiger charge is -2.37. The molecule has 0 saturated carbocycles. The quantitative estimate of drug-likeness (QED) is 0.701. The van der Waals surface area contributed by atoms with E-state index in [0.717, 1.165) is 12.2 Å². The predicted molar refractivity (Wildman–Crippen MR) is 68.5 cm³/mol. The molecule has 0 amide bonds. The van der Waals surface area contributed by atoms with Crippen LogP contribution in [0.2, 0.25) is 0 Å². The van der Waals surface area contributed by atoms with Crippen molar-refractivity contribution in [3.63, 3.8) is 0 Å². The summed E-state index contributed by atoms with van der Waals surface area (Å²) >= 11 is 0. The first-order chi connectivity index (χ1) is 8.92. The van der Waals surface area contributed by atoms with Gasteiger partial charge in [-0.25, -0.2) is 0 Å². The fourth-order valence-corrected chi connectivity index (χ4v) is 2.93. The third-order valence-corrected chi connectivity index (χ3v) is 3.84. The van der Waals surface area contributed by atoms with Crippen LogP contribution in [0.25, 0.3) is 0 Å². The summed E-state index contributed by atoms with van der Waals surface area (Å²) in [7, 11) is 0. The summed E-state index contributed by atoms with van der Waals surface area (Å²) in [5, 5.41) is 0. The van der Waals surface area contributed by atoms with E-state index in [-0.39, 0.29) is 6.29 Å². The molecular formula is C16H14O2. The van der Waals surface area contributed by atoms with Gasteiger partial charge < -0.3 is 9.47 Å². The zero-order chi connectivity index (χ0) is 11.9. The predicted octanol–water partition coefficient (Wildman–Crippen LogP) is 3.26. The number of ether oxygens (including phenoxy) is 2. The van der Waals surface area contributed by atoms with E-state index in [9.17, 15) is 0 Å². The molecule has 2 aliphatic heterocycles. The Morgan fingerprint density at radius 3 is 2.61 bits per heavy atom. The van der Waals surface area contributed by atoms with Crippen LogP contribution in [-0.2, 0) is 17.8 Å². The number of fused-ring (bicyclic) bond motifs is 4. The Kier molecular flexibility index (Phi) is 2.17. The maximum absolute atomic E-state index is 5.97. The van der Waals surface area contributed by atoms with Gasteiger partial charge in [0.2, 0.25) is 6.29 Å². The molecule has 0 bridgehead atoms. The molecule has 2 nitrogen and oxygen atoms in total. The summed E-state index contributed by atoms with van der Waals surface area (Å²) in [4.78, 5) is 0. The minimum absolute atomic E-state index is 0.130. The first-order valence-electron chi connectivity index (χ1n) is 6.36. The minimum Gasteiger partial charge on any atom is -0.464 e. The SMILES string of the molecule is c1ccc2c(c1)C[C@H]1c3ccccc3CO[C@H]1O2. The van der Waals surface area contributed by atoms with Crippen molar-refractivity contribution in [2.24, 2.45) is 0 Å². The highest BCUT2D eigenvalue weighted by Gasteiger charge is 2.35. The summed E-state index contributed by atoms with van der Waals surface area (Å²) in [6.07, 6.45) is 0.868. The molecule has 2 heterocycles. The second-order valence-electron chi connectivity index (χ2n) is 4.91. The van der Waals surface area contributed by atoms with Gasteiger partial charge in [0.1, 0.15) is 5.75 Å². The van der Waals surface area contributed by atoms with Gasteiger partial charge in [0.15, 0.2) is 0 Å². The summed E-state index contributed by atoms with van der Waals surface area (Å²) in [5.74, 6) is 1.29. The van der Waals surface area contributed by atoms with Gasteiger partial charge in [-0.2, -0.15) is 0 Å². The van der Waals surface area contributed by atoms with Crippen LogP contribution in [0.4, 0.5) is 0 Å². The third kappa shape index (κ3) is 1.46. The lowest BCUT2D eigenvalue weighted by molar-refractivity contribution is -0.122. The average molecular weight is 238 g/mol. The molecule has 0 fully saturated rings. The molecule has 90 valence electrons. The third-order valence-electron chi connectivity index (χ3n) is 3.84. The highest BCUT2D eigenvalue weighted by molar-refractivity contribution is 5.41. The highest BCUT2D eigenvalue weighted by atomic mass is 16.7. The molecule has 0 aromatic heterocycles. The van der Waals surface area contributed by atoms with Crippen molar-refractivity contribution < 1.29 is 9.47 Å². The van der Waals surface area contributed by atoms with Gasteiger partial charge in [-0.15, -0.1) is 0 Å².